The van der Waals surface area contributed by atoms with E-state index in [-0.39, 0.29) is 0 Å². The van der Waals surface area contributed by atoms with Crippen LogP contribution < -0.4 is 0 Å². The van der Waals surface area contributed by atoms with E-state index in [0.717, 1.165) is 14.7 Å². The number of benzene rings is 1. The molecule has 1 rings (SSSR count). The lowest BCUT2D eigenvalue weighted by atomic mass is 10.1. The molecule has 1 aromatic carbocycles. The minimum absolute atomic E-state index is 1.01. The maximum absolute atomic E-state index is 3.97. The quantitative estimate of drug-likeness (QED) is 0.575. The summed E-state index contributed by atoms with van der Waals surface area (Å²) in [6.45, 7) is 7.75. The van der Waals surface area contributed by atoms with E-state index in [2.05, 4.69) is 35.7 Å². The third-order valence-corrected chi connectivity index (χ3v) is 1.97. The molecular weight excluding hydrogens is 271 g/mol. The first-order valence-electron chi connectivity index (χ1n) is 3.97. The van der Waals surface area contributed by atoms with Crippen LogP contribution >= 0.6 is 22.6 Å². The largest absolute Gasteiger partial charge is 0.0912 e. The highest BCUT2D eigenvalue weighted by Gasteiger charge is 1.91. The van der Waals surface area contributed by atoms with Gasteiger partial charge in [-0.05, 0) is 39.8 Å². The molecule has 0 saturated heterocycles. The molecule has 0 atom stereocenters. The highest BCUT2D eigenvalue weighted by Crippen LogP contribution is 2.14. The van der Waals surface area contributed by atoms with Crippen LogP contribution in [0, 0.1) is 0 Å². The Morgan fingerprint density at radius 3 is 2.23 bits per heavy atom. The molecule has 0 nitrogen and oxygen atoms in total. The van der Waals surface area contributed by atoms with E-state index < -0.39 is 0 Å². The molecule has 0 aliphatic heterocycles. The zero-order valence-corrected chi connectivity index (χ0v) is 9.49. The second-order valence-corrected chi connectivity index (χ2v) is 4.06. The Labute approximate surface area is 92.8 Å². The molecule has 66 valence electrons. The van der Waals surface area contributed by atoms with Crippen LogP contribution in [0.1, 0.15) is 5.56 Å². The Hall–Kier alpha value is -0.830. The van der Waals surface area contributed by atoms with Crippen molar-refractivity contribution in [2.45, 2.75) is 0 Å². The van der Waals surface area contributed by atoms with Gasteiger partial charge in [-0.2, -0.15) is 0 Å². The fourth-order valence-electron chi connectivity index (χ4n) is 0.939. The fraction of sp³-hybridized carbons (Fsp3) is 0. The van der Waals surface area contributed by atoms with Gasteiger partial charge in [-0.15, -0.1) is 0 Å². The van der Waals surface area contributed by atoms with Gasteiger partial charge in [0.05, 0.1) is 0 Å². The van der Waals surface area contributed by atoms with Crippen molar-refractivity contribution in [2.24, 2.45) is 0 Å². The van der Waals surface area contributed by atoms with E-state index in [1.54, 1.807) is 0 Å². The van der Waals surface area contributed by atoms with Crippen LogP contribution in [0.25, 0.3) is 5.57 Å². The van der Waals surface area contributed by atoms with Crippen LogP contribution in [0.5, 0.6) is 0 Å². The van der Waals surface area contributed by atoms with Gasteiger partial charge in [-0.3, -0.25) is 0 Å². The average Bonchev–Trinajstić information content (AvgIpc) is 2.15. The van der Waals surface area contributed by atoms with Gasteiger partial charge < -0.3 is 0 Å². The van der Waals surface area contributed by atoms with Crippen LogP contribution in [0.4, 0.5) is 0 Å². The molecule has 0 amide bonds. The van der Waals surface area contributed by atoms with Crippen LogP contribution in [0.15, 0.2) is 59.2 Å². The molecule has 0 aliphatic rings. The molecule has 13 heavy (non-hydrogen) atoms. The maximum atomic E-state index is 3.97. The molecular formula is C12H11I. The molecule has 0 fully saturated rings. The predicted molar refractivity (Wildman–Crippen MR) is 67.8 cm³/mol. The molecule has 0 bridgehead atoms. The van der Waals surface area contributed by atoms with Gasteiger partial charge in [-0.25, -0.2) is 0 Å². The molecule has 0 aliphatic carbocycles. The van der Waals surface area contributed by atoms with Gasteiger partial charge >= 0.3 is 0 Å². The van der Waals surface area contributed by atoms with Gasteiger partial charge in [0.2, 0.25) is 0 Å². The summed E-state index contributed by atoms with van der Waals surface area (Å²) in [6, 6.07) is 10.1. The lowest BCUT2D eigenvalue weighted by Gasteiger charge is -1.98. The van der Waals surface area contributed by atoms with Crippen molar-refractivity contribution in [1.29, 1.82) is 0 Å². The Morgan fingerprint density at radius 1 is 1.08 bits per heavy atom. The van der Waals surface area contributed by atoms with E-state index in [9.17, 15) is 0 Å². The van der Waals surface area contributed by atoms with Crippen molar-refractivity contribution in [3.05, 3.63) is 64.8 Å². The van der Waals surface area contributed by atoms with Crippen molar-refractivity contribution in [3.63, 3.8) is 0 Å². The lowest BCUT2D eigenvalue weighted by molar-refractivity contribution is 1.63. The normalized spacial score (nSPS) is 10.2. The van der Waals surface area contributed by atoms with Crippen LogP contribution in [0.2, 0.25) is 0 Å². The number of hydrogen-bond donors (Lipinski definition) is 0. The summed E-state index contributed by atoms with van der Waals surface area (Å²) in [6.07, 6.45) is 3.93. The fourth-order valence-corrected chi connectivity index (χ4v) is 1.12. The number of halogens is 1. The number of rotatable bonds is 3. The van der Waals surface area contributed by atoms with Gasteiger partial charge in [0.25, 0.3) is 0 Å². The van der Waals surface area contributed by atoms with Gasteiger partial charge in [0.15, 0.2) is 0 Å². The Morgan fingerprint density at radius 2 is 1.69 bits per heavy atom. The molecule has 1 aromatic rings. The average molecular weight is 282 g/mol. The number of allylic oxidation sites excluding steroid dienone is 4. The van der Waals surface area contributed by atoms with E-state index in [4.69, 9.17) is 0 Å². The molecule has 0 heterocycles. The molecule has 0 radical (unpaired) electrons. The first-order valence-corrected chi connectivity index (χ1v) is 5.05. The summed E-state index contributed by atoms with van der Waals surface area (Å²) in [5, 5.41) is 0. The van der Waals surface area contributed by atoms with Crippen molar-refractivity contribution >= 4 is 28.2 Å². The molecule has 0 saturated carbocycles. The van der Waals surface area contributed by atoms with E-state index in [0.29, 0.717) is 0 Å². The van der Waals surface area contributed by atoms with Gasteiger partial charge in [0.1, 0.15) is 0 Å². The molecule has 1 heteroatoms. The summed E-state index contributed by atoms with van der Waals surface area (Å²) < 4.78 is 1.01. The first-order chi connectivity index (χ1) is 6.20. The minimum atomic E-state index is 1.01. The molecule has 0 aromatic heterocycles. The summed E-state index contributed by atoms with van der Waals surface area (Å²) in [5.41, 5.74) is 2.16. The molecule has 0 unspecified atom stereocenters. The van der Waals surface area contributed by atoms with Crippen LogP contribution in [0.3, 0.4) is 0 Å². The second-order valence-electron chi connectivity index (χ2n) is 2.67. The van der Waals surface area contributed by atoms with Crippen LogP contribution in [-0.2, 0) is 0 Å². The molecule has 0 spiro atoms. The summed E-state index contributed by atoms with van der Waals surface area (Å²) in [4.78, 5) is 0. The molecule has 0 N–H and O–H groups in total. The van der Waals surface area contributed by atoms with E-state index in [1.807, 2.05) is 42.5 Å². The second kappa shape index (κ2) is 5.02. The Balaban J connectivity index is 2.76. The zero-order valence-electron chi connectivity index (χ0n) is 7.33. The highest BCUT2D eigenvalue weighted by atomic mass is 127. The third kappa shape index (κ3) is 3.59. The van der Waals surface area contributed by atoms with Crippen molar-refractivity contribution in [2.75, 3.05) is 0 Å². The smallest absolute Gasteiger partial charge is 0.00581 e. The highest BCUT2D eigenvalue weighted by molar-refractivity contribution is 14.1. The Kier molecular flexibility index (Phi) is 3.96. The van der Waals surface area contributed by atoms with Gasteiger partial charge in [0, 0.05) is 3.58 Å². The summed E-state index contributed by atoms with van der Waals surface area (Å²) >= 11 is 2.17. The van der Waals surface area contributed by atoms with Crippen LogP contribution in [-0.4, -0.2) is 0 Å². The van der Waals surface area contributed by atoms with Crippen molar-refractivity contribution < 1.29 is 0 Å². The number of hydrogen-bond acceptors (Lipinski definition) is 0. The third-order valence-electron chi connectivity index (χ3n) is 1.61. The summed E-state index contributed by atoms with van der Waals surface area (Å²) in [7, 11) is 0. The van der Waals surface area contributed by atoms with Crippen molar-refractivity contribution in [3.8, 4) is 0 Å². The summed E-state index contributed by atoms with van der Waals surface area (Å²) in [5.74, 6) is 0. The standard InChI is InChI=1S/C12H11I/c1-10(8-9-11(2)13)12-6-4-3-5-7-12/h3-9H,1-2H2/b9-8-. The lowest BCUT2D eigenvalue weighted by Crippen LogP contribution is -1.76. The van der Waals surface area contributed by atoms with Crippen molar-refractivity contribution in [1.82, 2.24) is 0 Å². The maximum Gasteiger partial charge on any atom is 0.00581 e. The predicted octanol–water partition coefficient (Wildman–Crippen LogP) is 4.20. The first kappa shape index (κ1) is 10.3. The topological polar surface area (TPSA) is 0 Å². The minimum Gasteiger partial charge on any atom is -0.0912 e. The zero-order chi connectivity index (χ0) is 9.68. The van der Waals surface area contributed by atoms with E-state index >= 15 is 0 Å². The van der Waals surface area contributed by atoms with Gasteiger partial charge in [-0.1, -0.05) is 49.6 Å². The Bertz CT molecular complexity index is 333. The van der Waals surface area contributed by atoms with E-state index in [1.165, 1.54) is 0 Å². The SMILES string of the molecule is C=C(I)/C=C\C(=C)c1ccccc1. The monoisotopic (exact) mass is 282 g/mol.